The molecule has 3 fully saturated rings. The lowest BCUT2D eigenvalue weighted by atomic mass is 9.76. The summed E-state index contributed by atoms with van der Waals surface area (Å²) in [6.45, 7) is 4.48. The summed E-state index contributed by atoms with van der Waals surface area (Å²) < 4.78 is 62.6. The highest BCUT2D eigenvalue weighted by atomic mass is 19.4. The average Bonchev–Trinajstić information content (AvgIpc) is 3.64. The van der Waals surface area contributed by atoms with Gasteiger partial charge in [0.2, 0.25) is 0 Å². The number of rotatable bonds is 8. The Bertz CT molecular complexity index is 1640. The molecule has 1 aromatic carbocycles. The van der Waals surface area contributed by atoms with Crippen molar-refractivity contribution in [3.8, 4) is 5.75 Å². The van der Waals surface area contributed by atoms with Gasteiger partial charge in [0.1, 0.15) is 41.7 Å². The Labute approximate surface area is 244 Å². The van der Waals surface area contributed by atoms with Crippen LogP contribution in [0, 0.1) is 5.92 Å². The van der Waals surface area contributed by atoms with Gasteiger partial charge < -0.3 is 34.6 Å². The molecule has 0 amide bonds. The molecule has 230 valence electrons. The molecule has 0 bridgehead atoms. The first-order chi connectivity index (χ1) is 20.4. The molecule has 0 unspecified atom stereocenters. The molecule has 2 saturated heterocycles. The highest BCUT2D eigenvalue weighted by Crippen LogP contribution is 2.45. The zero-order chi connectivity index (χ0) is 30.1. The number of nitrogens with one attached hydrogen (secondary N) is 1. The normalized spacial score (nSPS) is 28.5. The molecule has 5 heterocycles. The van der Waals surface area contributed by atoms with E-state index in [0.29, 0.717) is 46.5 Å². The summed E-state index contributed by atoms with van der Waals surface area (Å²) in [6.07, 6.45) is 0.776. The number of hydrogen-bond donors (Lipinski definition) is 2. The van der Waals surface area contributed by atoms with Crippen LogP contribution in [0.15, 0.2) is 30.9 Å². The van der Waals surface area contributed by atoms with Crippen molar-refractivity contribution in [2.75, 3.05) is 19.3 Å². The Balaban J connectivity index is 0.952. The summed E-state index contributed by atoms with van der Waals surface area (Å²) in [6, 6.07) is 4.54. The van der Waals surface area contributed by atoms with Crippen LogP contribution >= 0.6 is 0 Å². The predicted molar refractivity (Wildman–Crippen MR) is 148 cm³/mol. The van der Waals surface area contributed by atoms with E-state index in [-0.39, 0.29) is 24.1 Å². The van der Waals surface area contributed by atoms with Gasteiger partial charge >= 0.3 is 6.36 Å². The summed E-state index contributed by atoms with van der Waals surface area (Å²) >= 11 is 0. The van der Waals surface area contributed by atoms with Crippen molar-refractivity contribution in [1.82, 2.24) is 34.4 Å². The van der Waals surface area contributed by atoms with Crippen LogP contribution in [0.1, 0.15) is 45.2 Å². The van der Waals surface area contributed by atoms with Gasteiger partial charge in [-0.1, -0.05) is 0 Å². The number of anilines is 1. The van der Waals surface area contributed by atoms with Gasteiger partial charge in [-0.25, -0.2) is 19.9 Å². The van der Waals surface area contributed by atoms with Crippen LogP contribution in [0.25, 0.3) is 22.2 Å². The standard InChI is InChI=1S/C28H33F3N8O4/c1-27(2)42-22-19(40-26(23(22)43-27)39-13-35-21-24(32)33-12-34-25(21)39)11-38(3)15-8-14(9-15)4-7-20-36-17-6-5-16(10-18(17)37-20)41-28(29,30)31/h5-6,10,12-15,19,22-23,26H,4,7-9,11H2,1-3H3,(H,36,37)(H2,32,33,34)/t14?,15?,19-,22-,23-,26-/m1/s1. The molecule has 1 saturated carbocycles. The summed E-state index contributed by atoms with van der Waals surface area (Å²) in [5.74, 6) is 0.584. The van der Waals surface area contributed by atoms with Crippen molar-refractivity contribution in [3.63, 3.8) is 0 Å². The van der Waals surface area contributed by atoms with Gasteiger partial charge in [0.05, 0.1) is 17.4 Å². The first-order valence-corrected chi connectivity index (χ1v) is 14.3. The van der Waals surface area contributed by atoms with Gasteiger partial charge in [0, 0.05) is 25.1 Å². The number of ether oxygens (including phenoxy) is 4. The zero-order valence-electron chi connectivity index (χ0n) is 23.9. The third-order valence-corrected chi connectivity index (χ3v) is 8.61. The molecular formula is C28H33F3N8O4. The Morgan fingerprint density at radius 2 is 1.95 bits per heavy atom. The SMILES string of the molecule is CN(C[C@H]1O[C@@H](n2cnc3c(N)ncnc32)[C@@H]2OC(C)(C)O[C@@H]21)C1CC(CCc2nc3ccc(OC(F)(F)F)cc3[nH]2)C1. The summed E-state index contributed by atoms with van der Waals surface area (Å²) in [5, 5.41) is 0. The van der Waals surface area contributed by atoms with Crippen molar-refractivity contribution in [1.29, 1.82) is 0 Å². The van der Waals surface area contributed by atoms with E-state index in [1.807, 2.05) is 18.4 Å². The van der Waals surface area contributed by atoms with Crippen LogP contribution in [-0.2, 0) is 20.6 Å². The molecule has 0 spiro atoms. The Hall–Kier alpha value is -3.53. The average molecular weight is 603 g/mol. The lowest BCUT2D eigenvalue weighted by molar-refractivity contribution is -0.274. The number of nitrogens with two attached hydrogens (primary N) is 1. The summed E-state index contributed by atoms with van der Waals surface area (Å²) in [4.78, 5) is 22.8. The molecular weight excluding hydrogens is 569 g/mol. The van der Waals surface area contributed by atoms with E-state index >= 15 is 0 Å². The van der Waals surface area contributed by atoms with Crippen LogP contribution in [0.2, 0.25) is 0 Å². The van der Waals surface area contributed by atoms with Crippen molar-refractivity contribution in [2.24, 2.45) is 5.92 Å². The van der Waals surface area contributed by atoms with Crippen LogP contribution in [0.5, 0.6) is 5.75 Å². The van der Waals surface area contributed by atoms with Crippen molar-refractivity contribution in [2.45, 2.75) is 82.3 Å². The zero-order valence-corrected chi connectivity index (χ0v) is 23.9. The Morgan fingerprint density at radius 3 is 2.74 bits per heavy atom. The Morgan fingerprint density at radius 1 is 1.16 bits per heavy atom. The smallest absolute Gasteiger partial charge is 0.406 e. The van der Waals surface area contributed by atoms with E-state index in [9.17, 15) is 13.2 Å². The molecule has 2 aliphatic heterocycles. The molecule has 3 aliphatic rings. The second-order valence-electron chi connectivity index (χ2n) is 12.1. The third-order valence-electron chi connectivity index (χ3n) is 8.61. The largest absolute Gasteiger partial charge is 0.573 e. The van der Waals surface area contributed by atoms with E-state index in [0.717, 1.165) is 31.5 Å². The molecule has 15 heteroatoms. The van der Waals surface area contributed by atoms with E-state index in [1.165, 1.54) is 24.5 Å². The second-order valence-corrected chi connectivity index (χ2v) is 12.1. The van der Waals surface area contributed by atoms with Crippen molar-refractivity contribution < 1.29 is 32.1 Å². The number of benzene rings is 1. The van der Waals surface area contributed by atoms with Crippen LogP contribution in [-0.4, -0.2) is 84.5 Å². The highest BCUT2D eigenvalue weighted by molar-refractivity contribution is 5.81. The van der Waals surface area contributed by atoms with Crippen LogP contribution < -0.4 is 10.5 Å². The molecule has 7 rings (SSSR count). The molecule has 1 aliphatic carbocycles. The molecule has 43 heavy (non-hydrogen) atoms. The minimum absolute atomic E-state index is 0.223. The maximum atomic E-state index is 12.5. The van der Waals surface area contributed by atoms with Gasteiger partial charge in [-0.15, -0.1) is 13.2 Å². The monoisotopic (exact) mass is 602 g/mol. The first kappa shape index (κ1) is 28.3. The number of likely N-dealkylation sites (N-methyl/N-ethyl adjacent to an activating group) is 1. The third kappa shape index (κ3) is 5.50. The number of halogens is 3. The first-order valence-electron chi connectivity index (χ1n) is 14.3. The molecule has 12 nitrogen and oxygen atoms in total. The minimum Gasteiger partial charge on any atom is -0.406 e. The number of nitrogens with zero attached hydrogens (tertiary/aromatic N) is 6. The molecule has 0 radical (unpaired) electrons. The van der Waals surface area contributed by atoms with E-state index in [1.54, 1.807) is 6.33 Å². The second kappa shape index (κ2) is 10.3. The molecule has 3 N–H and O–H groups in total. The van der Waals surface area contributed by atoms with E-state index in [4.69, 9.17) is 19.9 Å². The fraction of sp³-hybridized carbons (Fsp3) is 0.571. The van der Waals surface area contributed by atoms with Crippen LogP contribution in [0.4, 0.5) is 19.0 Å². The van der Waals surface area contributed by atoms with Gasteiger partial charge in [-0.05, 0) is 58.2 Å². The maximum Gasteiger partial charge on any atom is 0.573 e. The number of aryl methyl sites for hydroxylation is 1. The number of nitrogen functional groups attached to an aromatic ring is 1. The van der Waals surface area contributed by atoms with Gasteiger partial charge in [-0.3, -0.25) is 4.57 Å². The molecule has 4 aromatic rings. The number of H-pyrrole nitrogens is 1. The fourth-order valence-corrected chi connectivity index (χ4v) is 6.51. The highest BCUT2D eigenvalue weighted by Gasteiger charge is 2.56. The van der Waals surface area contributed by atoms with Crippen molar-refractivity contribution >= 4 is 28.0 Å². The number of alkyl halides is 3. The lowest BCUT2D eigenvalue weighted by Crippen LogP contribution is -2.48. The topological polar surface area (TPSA) is 138 Å². The number of hydrogen-bond acceptors (Lipinski definition) is 10. The minimum atomic E-state index is -4.73. The Kier molecular flexibility index (Phi) is 6.76. The van der Waals surface area contributed by atoms with Gasteiger partial charge in [-0.2, -0.15) is 0 Å². The van der Waals surface area contributed by atoms with Gasteiger partial charge in [0.25, 0.3) is 0 Å². The molecule has 3 aromatic heterocycles. The number of fused-ring (bicyclic) bond motifs is 3. The van der Waals surface area contributed by atoms with Crippen LogP contribution in [0.3, 0.4) is 0 Å². The predicted octanol–water partition coefficient (Wildman–Crippen LogP) is 3.94. The van der Waals surface area contributed by atoms with E-state index in [2.05, 4.69) is 41.6 Å². The van der Waals surface area contributed by atoms with Gasteiger partial charge in [0.15, 0.2) is 23.5 Å². The van der Waals surface area contributed by atoms with E-state index < -0.39 is 18.4 Å². The fourth-order valence-electron chi connectivity index (χ4n) is 6.51. The lowest BCUT2D eigenvalue weighted by Gasteiger charge is -2.42. The van der Waals surface area contributed by atoms with Crippen molar-refractivity contribution in [3.05, 3.63) is 36.7 Å². The molecule has 4 atom stereocenters. The maximum absolute atomic E-state index is 12.5. The number of imidazole rings is 2. The number of aromatic nitrogens is 6. The summed E-state index contributed by atoms with van der Waals surface area (Å²) in [5.41, 5.74) is 8.24. The number of aromatic amines is 1. The summed E-state index contributed by atoms with van der Waals surface area (Å²) in [7, 11) is 2.11. The quantitative estimate of drug-likeness (QED) is 0.305.